The Bertz CT molecular complexity index is 556. The van der Waals surface area contributed by atoms with Gasteiger partial charge in [-0.3, -0.25) is 0 Å². The van der Waals surface area contributed by atoms with Crippen LogP contribution in [0.25, 0.3) is 0 Å². The first-order valence-electron chi connectivity index (χ1n) is 8.09. The van der Waals surface area contributed by atoms with Gasteiger partial charge in [0.2, 0.25) is 0 Å². The number of rotatable bonds is 2. The summed E-state index contributed by atoms with van der Waals surface area (Å²) in [6.45, 7) is 5.32. The smallest absolute Gasteiger partial charge is 0.339 e. The number of carboxylic acids is 1. The van der Waals surface area contributed by atoms with Crippen molar-refractivity contribution in [2.45, 2.75) is 58.4 Å². The predicted octanol–water partition coefficient (Wildman–Crippen LogP) is 3.28. The first-order valence-corrected chi connectivity index (χ1v) is 8.09. The molecule has 1 saturated heterocycles. The third-order valence-corrected chi connectivity index (χ3v) is 4.90. The van der Waals surface area contributed by atoms with E-state index in [2.05, 4.69) is 18.7 Å². The van der Waals surface area contributed by atoms with Crippen molar-refractivity contribution in [3.05, 3.63) is 22.9 Å². The molecule has 0 saturated carbocycles. The fourth-order valence-corrected chi connectivity index (χ4v) is 3.58. The molecule has 1 N–H and O–H groups in total. The van der Waals surface area contributed by atoms with Crippen molar-refractivity contribution in [2.75, 3.05) is 11.4 Å². The number of anilines is 1. The van der Waals surface area contributed by atoms with Crippen molar-refractivity contribution in [3.63, 3.8) is 0 Å². The van der Waals surface area contributed by atoms with E-state index >= 15 is 0 Å². The van der Waals surface area contributed by atoms with Gasteiger partial charge in [-0.15, -0.1) is 0 Å². The normalized spacial score (nSPS) is 25.5. The van der Waals surface area contributed by atoms with Gasteiger partial charge in [0.05, 0.1) is 0 Å². The molecule has 1 aromatic rings. The lowest BCUT2D eigenvalue weighted by Crippen LogP contribution is -2.42. The van der Waals surface area contributed by atoms with Crippen LogP contribution < -0.4 is 4.90 Å². The summed E-state index contributed by atoms with van der Waals surface area (Å²) < 4.78 is 0. The Labute approximate surface area is 126 Å². The molecule has 2 heterocycles. The van der Waals surface area contributed by atoms with Gasteiger partial charge in [-0.25, -0.2) is 9.78 Å². The van der Waals surface area contributed by atoms with E-state index in [1.807, 2.05) is 6.07 Å². The van der Waals surface area contributed by atoms with Crippen LogP contribution in [-0.2, 0) is 12.8 Å². The molecule has 21 heavy (non-hydrogen) atoms. The molecule has 3 rings (SSSR count). The highest BCUT2D eigenvalue weighted by Crippen LogP contribution is 2.32. The average Bonchev–Trinajstić information content (AvgIpc) is 2.48. The van der Waals surface area contributed by atoms with Gasteiger partial charge >= 0.3 is 5.97 Å². The van der Waals surface area contributed by atoms with Crippen LogP contribution in [0.2, 0.25) is 0 Å². The van der Waals surface area contributed by atoms with E-state index in [4.69, 9.17) is 4.98 Å². The predicted molar refractivity (Wildman–Crippen MR) is 83.0 cm³/mol. The Morgan fingerprint density at radius 2 is 2.05 bits per heavy atom. The van der Waals surface area contributed by atoms with Crippen molar-refractivity contribution < 1.29 is 9.90 Å². The molecule has 0 radical (unpaired) electrons. The summed E-state index contributed by atoms with van der Waals surface area (Å²) in [5.74, 6) is 0.444. The molecule has 2 unspecified atom stereocenters. The minimum atomic E-state index is -0.851. The number of aromatic carboxylic acids is 1. The molecule has 2 aliphatic rings. The summed E-state index contributed by atoms with van der Waals surface area (Å²) in [4.78, 5) is 18.7. The van der Waals surface area contributed by atoms with Gasteiger partial charge in [-0.2, -0.15) is 0 Å². The molecule has 4 nitrogen and oxygen atoms in total. The topological polar surface area (TPSA) is 53.4 Å². The average molecular weight is 288 g/mol. The van der Waals surface area contributed by atoms with Gasteiger partial charge in [-0.1, -0.05) is 6.92 Å². The van der Waals surface area contributed by atoms with Crippen molar-refractivity contribution in [2.24, 2.45) is 5.92 Å². The molecule has 0 bridgehead atoms. The lowest BCUT2D eigenvalue weighted by atomic mass is 9.92. The van der Waals surface area contributed by atoms with Crippen LogP contribution in [-0.4, -0.2) is 28.6 Å². The zero-order chi connectivity index (χ0) is 15.0. The Kier molecular flexibility index (Phi) is 3.87. The van der Waals surface area contributed by atoms with Crippen LogP contribution in [0, 0.1) is 5.92 Å². The molecule has 0 spiro atoms. The van der Waals surface area contributed by atoms with Crippen LogP contribution >= 0.6 is 0 Å². The number of piperidine rings is 1. The molecule has 1 aliphatic heterocycles. The number of hydrogen-bond acceptors (Lipinski definition) is 3. The standard InChI is InChI=1S/C17H24N2O2/c1-11-7-8-12(2)19(10-11)16-14(17(20)21)9-13-5-3-4-6-15(13)18-16/h9,11-12H,3-8,10H2,1-2H3,(H,20,21). The largest absolute Gasteiger partial charge is 0.478 e. The highest BCUT2D eigenvalue weighted by atomic mass is 16.4. The van der Waals surface area contributed by atoms with E-state index in [0.717, 1.165) is 49.9 Å². The summed E-state index contributed by atoms with van der Waals surface area (Å²) in [6.07, 6.45) is 6.58. The Morgan fingerprint density at radius 3 is 2.81 bits per heavy atom. The van der Waals surface area contributed by atoms with Crippen LogP contribution in [0.1, 0.15) is 61.1 Å². The summed E-state index contributed by atoms with van der Waals surface area (Å²) >= 11 is 0. The maximum atomic E-state index is 11.7. The number of nitrogens with zero attached hydrogens (tertiary/aromatic N) is 2. The molecular weight excluding hydrogens is 264 g/mol. The molecule has 1 fully saturated rings. The maximum Gasteiger partial charge on any atom is 0.339 e. The Balaban J connectivity index is 2.04. The Morgan fingerprint density at radius 1 is 1.29 bits per heavy atom. The maximum absolute atomic E-state index is 11.7. The van der Waals surface area contributed by atoms with E-state index in [-0.39, 0.29) is 0 Å². The van der Waals surface area contributed by atoms with Gasteiger partial charge < -0.3 is 10.0 Å². The number of aryl methyl sites for hydroxylation is 2. The zero-order valence-electron chi connectivity index (χ0n) is 12.9. The summed E-state index contributed by atoms with van der Waals surface area (Å²) in [6, 6.07) is 2.25. The molecule has 1 aromatic heterocycles. The van der Waals surface area contributed by atoms with Gasteiger partial charge in [0.1, 0.15) is 11.4 Å². The highest BCUT2D eigenvalue weighted by Gasteiger charge is 2.29. The number of carbonyl (C=O) groups is 1. The molecule has 4 heteroatoms. The van der Waals surface area contributed by atoms with E-state index in [1.54, 1.807) is 0 Å². The number of carboxylic acid groups (broad SMARTS) is 1. The monoisotopic (exact) mass is 288 g/mol. The number of aromatic nitrogens is 1. The molecule has 1 aliphatic carbocycles. The minimum absolute atomic E-state index is 0.369. The third-order valence-electron chi connectivity index (χ3n) is 4.90. The second-order valence-electron chi connectivity index (χ2n) is 6.66. The fourth-order valence-electron chi connectivity index (χ4n) is 3.58. The quantitative estimate of drug-likeness (QED) is 0.907. The van der Waals surface area contributed by atoms with Crippen LogP contribution in [0.5, 0.6) is 0 Å². The van der Waals surface area contributed by atoms with Crippen molar-refractivity contribution in [3.8, 4) is 0 Å². The fraction of sp³-hybridized carbons (Fsp3) is 0.647. The summed E-state index contributed by atoms with van der Waals surface area (Å²) in [5.41, 5.74) is 2.64. The second-order valence-corrected chi connectivity index (χ2v) is 6.66. The van der Waals surface area contributed by atoms with E-state index < -0.39 is 5.97 Å². The van der Waals surface area contributed by atoms with Crippen LogP contribution in [0.3, 0.4) is 0 Å². The number of hydrogen-bond donors (Lipinski definition) is 1. The van der Waals surface area contributed by atoms with Crippen molar-refractivity contribution in [1.82, 2.24) is 4.98 Å². The first-order chi connectivity index (χ1) is 10.1. The Hall–Kier alpha value is -1.58. The molecular formula is C17H24N2O2. The second kappa shape index (κ2) is 5.66. The molecule has 0 aromatic carbocycles. The molecule has 2 atom stereocenters. The highest BCUT2D eigenvalue weighted by molar-refractivity contribution is 5.93. The number of pyridine rings is 1. The van der Waals surface area contributed by atoms with Crippen LogP contribution in [0.15, 0.2) is 6.07 Å². The third kappa shape index (κ3) is 2.76. The van der Waals surface area contributed by atoms with Gasteiger partial charge in [0.25, 0.3) is 0 Å². The lowest BCUT2D eigenvalue weighted by Gasteiger charge is -2.38. The summed E-state index contributed by atoms with van der Waals surface area (Å²) in [5, 5.41) is 9.58. The van der Waals surface area contributed by atoms with Crippen molar-refractivity contribution in [1.29, 1.82) is 0 Å². The van der Waals surface area contributed by atoms with E-state index in [9.17, 15) is 9.90 Å². The molecule has 0 amide bonds. The molecule has 114 valence electrons. The SMILES string of the molecule is CC1CCC(C)N(c2nc3c(cc2C(=O)O)CCCC3)C1. The van der Waals surface area contributed by atoms with Crippen molar-refractivity contribution >= 4 is 11.8 Å². The van der Waals surface area contributed by atoms with E-state index in [0.29, 0.717) is 23.3 Å². The van der Waals surface area contributed by atoms with Crippen LogP contribution in [0.4, 0.5) is 5.82 Å². The zero-order valence-corrected chi connectivity index (χ0v) is 12.9. The van der Waals surface area contributed by atoms with Gasteiger partial charge in [0.15, 0.2) is 0 Å². The first kappa shape index (κ1) is 14.4. The summed E-state index contributed by atoms with van der Waals surface area (Å²) in [7, 11) is 0. The van der Waals surface area contributed by atoms with E-state index in [1.165, 1.54) is 6.42 Å². The number of fused-ring (bicyclic) bond motifs is 1. The van der Waals surface area contributed by atoms with Gasteiger partial charge in [-0.05, 0) is 63.0 Å². The van der Waals surface area contributed by atoms with Gasteiger partial charge in [0, 0.05) is 18.3 Å². The minimum Gasteiger partial charge on any atom is -0.478 e. The lowest BCUT2D eigenvalue weighted by molar-refractivity contribution is 0.0696.